The van der Waals surface area contributed by atoms with Crippen molar-refractivity contribution in [2.75, 3.05) is 31.6 Å². The lowest BCUT2D eigenvalue weighted by molar-refractivity contribution is -0.136. The van der Waals surface area contributed by atoms with Crippen LogP contribution in [0.1, 0.15) is 90.2 Å². The van der Waals surface area contributed by atoms with E-state index in [2.05, 4.69) is 31.6 Å². The van der Waals surface area contributed by atoms with Gasteiger partial charge in [0.25, 0.3) is 17.7 Å². The molecular formula is C45H50BN9O12. The molecule has 3 atom stereocenters. The number of aliphatic hydroxyl groups is 1. The molecule has 350 valence electrons. The summed E-state index contributed by atoms with van der Waals surface area (Å²) in [6, 6.07) is 13.2. The molecule has 3 aliphatic heterocycles. The highest BCUT2D eigenvalue weighted by Crippen LogP contribution is 2.34. The number of nitrogens with two attached hydrogens (primary N) is 1. The minimum absolute atomic E-state index is 0.000231. The van der Waals surface area contributed by atoms with Crippen molar-refractivity contribution in [3.05, 3.63) is 77.5 Å². The van der Waals surface area contributed by atoms with Crippen molar-refractivity contribution < 1.29 is 57.8 Å². The molecule has 2 unspecified atom stereocenters. The average molecular weight is 920 g/mol. The Labute approximate surface area is 384 Å². The van der Waals surface area contributed by atoms with Crippen LogP contribution in [-0.2, 0) is 28.6 Å². The van der Waals surface area contributed by atoms with Gasteiger partial charge in [-0.15, -0.1) is 0 Å². The molecule has 4 aliphatic rings. The van der Waals surface area contributed by atoms with Gasteiger partial charge in [-0.3, -0.25) is 43.8 Å². The number of nitrogens with zero attached hydrogens (tertiary/aromatic N) is 3. The van der Waals surface area contributed by atoms with Crippen molar-refractivity contribution in [1.29, 1.82) is 0 Å². The van der Waals surface area contributed by atoms with Crippen molar-refractivity contribution in [3.63, 3.8) is 0 Å². The summed E-state index contributed by atoms with van der Waals surface area (Å²) in [6.45, 7) is -0.0753. The number of hydrogen-bond acceptors (Lipinski definition) is 16. The molecule has 1 aliphatic carbocycles. The van der Waals surface area contributed by atoms with Crippen molar-refractivity contribution in [3.8, 4) is 11.5 Å². The van der Waals surface area contributed by atoms with Gasteiger partial charge in [-0.2, -0.15) is 0 Å². The van der Waals surface area contributed by atoms with E-state index in [1.807, 2.05) is 18.2 Å². The highest BCUT2D eigenvalue weighted by molar-refractivity contribution is 6.62. The lowest BCUT2D eigenvalue weighted by atomic mass is 9.79. The molecule has 0 bridgehead atoms. The zero-order chi connectivity index (χ0) is 47.2. The van der Waals surface area contributed by atoms with Crippen molar-refractivity contribution in [1.82, 2.24) is 36.1 Å². The number of anilines is 2. The quantitative estimate of drug-likeness (QED) is 0.0374. The van der Waals surface area contributed by atoms with Crippen LogP contribution in [0, 0.1) is 0 Å². The molecule has 67 heavy (non-hydrogen) atoms. The summed E-state index contributed by atoms with van der Waals surface area (Å²) >= 11 is 0. The van der Waals surface area contributed by atoms with Crippen molar-refractivity contribution >= 4 is 76.5 Å². The Morgan fingerprint density at radius 3 is 2.52 bits per heavy atom. The molecule has 4 heterocycles. The number of nitrogens with one attached hydrogen (secondary N) is 5. The van der Waals surface area contributed by atoms with Gasteiger partial charge in [0.05, 0.1) is 35.5 Å². The minimum Gasteiger partial charge on any atom is -0.488 e. The normalized spacial score (nSPS) is 20.5. The lowest BCUT2D eigenvalue weighted by Crippen LogP contribution is -2.54. The van der Waals surface area contributed by atoms with Gasteiger partial charge < -0.3 is 51.3 Å². The minimum atomic E-state index is -1.24. The summed E-state index contributed by atoms with van der Waals surface area (Å²) in [6.07, 6.45) is 4.03. The van der Waals surface area contributed by atoms with E-state index in [-0.39, 0.29) is 80.3 Å². The molecule has 0 spiro atoms. The first kappa shape index (κ1) is 46.5. The molecule has 1 saturated heterocycles. The second-order valence-electron chi connectivity index (χ2n) is 16.7. The number of carbonyl (C=O) groups excluding carboxylic acids is 7. The Balaban J connectivity index is 0.724. The molecule has 21 nitrogen and oxygen atoms in total. The first-order valence-corrected chi connectivity index (χ1v) is 22.2. The largest absolute Gasteiger partial charge is 0.492 e. The summed E-state index contributed by atoms with van der Waals surface area (Å²) in [5.41, 5.74) is 8.46. The number of carbonyl (C=O) groups is 7. The smallest absolute Gasteiger partial charge is 0.488 e. The standard InChI is InChI=1S/C45H50BN9O12/c47-31(41(60)49-19-3-18-48-38(59)23-65-33-6-2-5-29-39(33)44(63)55(43(29)62)32-15-17-37(58)53-42(32)61)14-16-36(57)50-22-35-28-13-8-25(20-30(28)46(64)67-35)52-45-51-21-24-4-1-7-34(40(24)54-45)66-27-11-9-26(56)10-12-27/h1-2,4-8,13,20-21,26-27,31-32,35,56,64H,3,9-12,14-19,22-23,47H2,(H,48,59)(H,49,60)(H,50,57)(H,51,52,54)(H,53,58,61)/t26-,27+,31-,32?,35?/m0/s1. The molecule has 1 aromatic heterocycles. The van der Waals surface area contributed by atoms with Crippen LogP contribution in [0.15, 0.2) is 60.8 Å². The monoisotopic (exact) mass is 919 g/mol. The number of amides is 7. The van der Waals surface area contributed by atoms with Gasteiger partial charge in [-0.05, 0) is 86.3 Å². The van der Waals surface area contributed by atoms with Crippen molar-refractivity contribution in [2.45, 2.75) is 88.2 Å². The zero-order valence-corrected chi connectivity index (χ0v) is 36.3. The second-order valence-corrected chi connectivity index (χ2v) is 16.7. The molecule has 9 N–H and O–H groups in total. The van der Waals surface area contributed by atoms with E-state index in [4.69, 9.17) is 24.8 Å². The highest BCUT2D eigenvalue weighted by Gasteiger charge is 2.46. The Bertz CT molecular complexity index is 2590. The molecule has 3 aromatic carbocycles. The van der Waals surface area contributed by atoms with Crippen LogP contribution in [0.2, 0.25) is 0 Å². The van der Waals surface area contributed by atoms with Gasteiger partial charge in [0.1, 0.15) is 23.1 Å². The number of fused-ring (bicyclic) bond motifs is 3. The number of benzene rings is 3. The Kier molecular flexibility index (Phi) is 14.3. The molecule has 2 fully saturated rings. The number of aromatic nitrogens is 2. The first-order chi connectivity index (χ1) is 32.3. The fourth-order valence-corrected chi connectivity index (χ4v) is 8.45. The fourth-order valence-electron chi connectivity index (χ4n) is 8.45. The van der Waals surface area contributed by atoms with E-state index >= 15 is 0 Å². The number of ether oxygens (including phenoxy) is 2. The van der Waals surface area contributed by atoms with E-state index in [1.54, 1.807) is 24.4 Å². The lowest BCUT2D eigenvalue weighted by Gasteiger charge is -2.27. The third kappa shape index (κ3) is 10.8. The van der Waals surface area contributed by atoms with Gasteiger partial charge in [0.2, 0.25) is 29.6 Å². The van der Waals surface area contributed by atoms with E-state index < -0.39 is 67.4 Å². The Morgan fingerprint density at radius 1 is 0.940 bits per heavy atom. The van der Waals surface area contributed by atoms with Gasteiger partial charge in [-0.25, -0.2) is 9.97 Å². The molecule has 0 radical (unpaired) electrons. The Hall–Kier alpha value is -7.01. The maximum Gasteiger partial charge on any atom is 0.492 e. The maximum atomic E-state index is 13.2. The Morgan fingerprint density at radius 2 is 1.72 bits per heavy atom. The number of piperidine rings is 1. The number of para-hydroxylation sites is 1. The summed E-state index contributed by atoms with van der Waals surface area (Å²) < 4.78 is 17.6. The summed E-state index contributed by atoms with van der Waals surface area (Å²) in [4.78, 5) is 98.1. The third-order valence-corrected chi connectivity index (χ3v) is 12.0. The number of hydrogen-bond donors (Lipinski definition) is 8. The summed E-state index contributed by atoms with van der Waals surface area (Å²) in [7, 11) is -1.24. The van der Waals surface area contributed by atoms with E-state index in [0.717, 1.165) is 23.1 Å². The molecule has 1 saturated carbocycles. The predicted octanol–water partition coefficient (Wildman–Crippen LogP) is 0.141. The average Bonchev–Trinajstić information content (AvgIpc) is 3.77. The third-order valence-electron chi connectivity index (χ3n) is 12.0. The topological polar surface area (TPSA) is 303 Å². The molecule has 22 heteroatoms. The van der Waals surface area contributed by atoms with Gasteiger partial charge in [-0.1, -0.05) is 24.3 Å². The van der Waals surface area contributed by atoms with Crippen LogP contribution < -0.4 is 47.3 Å². The maximum absolute atomic E-state index is 13.2. The van der Waals surface area contributed by atoms with Crippen molar-refractivity contribution in [2.24, 2.45) is 5.73 Å². The van der Waals surface area contributed by atoms with Crippen LogP contribution in [-0.4, -0.2) is 124 Å². The van der Waals surface area contributed by atoms with E-state index in [0.29, 0.717) is 53.2 Å². The molecular weight excluding hydrogens is 869 g/mol. The van der Waals surface area contributed by atoms with Crippen LogP contribution in [0.4, 0.5) is 11.6 Å². The zero-order valence-electron chi connectivity index (χ0n) is 36.3. The van der Waals surface area contributed by atoms with E-state index in [1.165, 1.54) is 18.2 Å². The number of aliphatic hydroxyl groups excluding tert-OH is 1. The molecule has 8 rings (SSSR count). The highest BCUT2D eigenvalue weighted by atomic mass is 16.5. The van der Waals surface area contributed by atoms with Crippen LogP contribution >= 0.6 is 0 Å². The van der Waals surface area contributed by atoms with Crippen LogP contribution in [0.5, 0.6) is 11.5 Å². The second kappa shape index (κ2) is 20.7. The summed E-state index contributed by atoms with van der Waals surface area (Å²) in [5, 5.41) is 34.9. The van der Waals surface area contributed by atoms with Gasteiger partial charge in [0.15, 0.2) is 6.61 Å². The van der Waals surface area contributed by atoms with Crippen LogP contribution in [0.25, 0.3) is 10.9 Å². The molecule has 4 aromatic rings. The SMILES string of the molecule is N[C@@H](CCC(=O)NCC1OB(O)c2cc(Nc3ncc4cccc(O[C@H]5CC[C@@H](O)CC5)c4n3)ccc21)C(=O)NCCCNC(=O)COc1cccc2c1C(=O)N(C1CCC(=O)NC1=O)C2=O. The molecule has 7 amide bonds. The fraction of sp³-hybridized carbons (Fsp3) is 0.400. The van der Waals surface area contributed by atoms with Crippen LogP contribution in [0.3, 0.4) is 0 Å². The van der Waals surface area contributed by atoms with E-state index in [9.17, 15) is 43.7 Å². The number of rotatable bonds is 18. The number of imide groups is 2. The van der Waals surface area contributed by atoms with Gasteiger partial charge in [0, 0.05) is 49.7 Å². The predicted molar refractivity (Wildman–Crippen MR) is 239 cm³/mol. The first-order valence-electron chi connectivity index (χ1n) is 22.2. The summed E-state index contributed by atoms with van der Waals surface area (Å²) in [5.74, 6) is -3.10. The van der Waals surface area contributed by atoms with Gasteiger partial charge >= 0.3 is 7.12 Å².